The molecule has 0 aromatic heterocycles. The molecule has 0 aliphatic rings. The summed E-state index contributed by atoms with van der Waals surface area (Å²) in [5.74, 6) is 0. The monoisotopic (exact) mass is 175 g/mol. The lowest BCUT2D eigenvalue weighted by molar-refractivity contribution is 1.66. The summed E-state index contributed by atoms with van der Waals surface area (Å²) in [5, 5.41) is 3.08. The van der Waals surface area contributed by atoms with Crippen LogP contribution in [0.25, 0.3) is 10.8 Å². The van der Waals surface area contributed by atoms with Crippen LogP contribution < -0.4 is 0 Å². The topological polar surface area (TPSA) is 0 Å². The van der Waals surface area contributed by atoms with Crippen LogP contribution in [0.2, 0.25) is 5.02 Å². The highest BCUT2D eigenvalue weighted by molar-refractivity contribution is 6.32. The van der Waals surface area contributed by atoms with Crippen molar-refractivity contribution in [2.24, 2.45) is 0 Å². The molecular weight excluding hydrogens is 168 g/mol. The van der Waals surface area contributed by atoms with Crippen LogP contribution in [-0.4, -0.2) is 0 Å². The van der Waals surface area contributed by atoms with Crippen molar-refractivity contribution in [3.8, 4) is 0 Å². The Kier molecular flexibility index (Phi) is 1.78. The van der Waals surface area contributed by atoms with E-state index >= 15 is 0 Å². The van der Waals surface area contributed by atoms with Crippen LogP contribution in [0.3, 0.4) is 0 Å². The molecule has 0 fully saturated rings. The SMILES string of the molecule is [CH2]c1cc2ccccc2cc1Cl. The van der Waals surface area contributed by atoms with Crippen LogP contribution in [0.5, 0.6) is 0 Å². The van der Waals surface area contributed by atoms with Gasteiger partial charge in [-0.1, -0.05) is 35.9 Å². The van der Waals surface area contributed by atoms with Gasteiger partial charge in [-0.05, 0) is 35.4 Å². The first-order valence-electron chi connectivity index (χ1n) is 3.77. The average molecular weight is 176 g/mol. The summed E-state index contributed by atoms with van der Waals surface area (Å²) in [6.45, 7) is 3.84. The molecule has 0 aliphatic carbocycles. The van der Waals surface area contributed by atoms with Crippen molar-refractivity contribution in [3.63, 3.8) is 0 Å². The van der Waals surface area contributed by atoms with Crippen LogP contribution in [-0.2, 0) is 0 Å². The number of benzene rings is 2. The Bertz CT molecular complexity index is 378. The molecule has 12 heavy (non-hydrogen) atoms. The van der Waals surface area contributed by atoms with Gasteiger partial charge in [-0.15, -0.1) is 0 Å². The number of rotatable bonds is 0. The lowest BCUT2D eigenvalue weighted by Gasteiger charge is -2.00. The zero-order valence-electron chi connectivity index (χ0n) is 6.55. The average Bonchev–Trinajstić information content (AvgIpc) is 2.07. The minimum atomic E-state index is 0.730. The van der Waals surface area contributed by atoms with Gasteiger partial charge in [-0.25, -0.2) is 0 Å². The molecule has 0 heterocycles. The minimum Gasteiger partial charge on any atom is -0.0840 e. The van der Waals surface area contributed by atoms with Crippen molar-refractivity contribution in [3.05, 3.63) is 53.9 Å². The predicted octanol–water partition coefficient (Wildman–Crippen LogP) is 3.68. The van der Waals surface area contributed by atoms with Crippen molar-refractivity contribution >= 4 is 22.4 Å². The van der Waals surface area contributed by atoms with E-state index in [0.29, 0.717) is 0 Å². The molecule has 0 aliphatic heterocycles. The molecule has 0 spiro atoms. The van der Waals surface area contributed by atoms with E-state index in [1.807, 2.05) is 30.3 Å². The maximum absolute atomic E-state index is 5.93. The highest BCUT2D eigenvalue weighted by atomic mass is 35.5. The summed E-state index contributed by atoms with van der Waals surface area (Å²) in [4.78, 5) is 0. The molecule has 2 rings (SSSR count). The summed E-state index contributed by atoms with van der Waals surface area (Å²) in [7, 11) is 0. The normalized spacial score (nSPS) is 10.5. The Morgan fingerprint density at radius 1 is 1.00 bits per heavy atom. The second-order valence-corrected chi connectivity index (χ2v) is 3.20. The fourth-order valence-corrected chi connectivity index (χ4v) is 1.43. The van der Waals surface area contributed by atoms with Gasteiger partial charge in [-0.2, -0.15) is 0 Å². The second-order valence-electron chi connectivity index (χ2n) is 2.79. The van der Waals surface area contributed by atoms with E-state index in [-0.39, 0.29) is 0 Å². The van der Waals surface area contributed by atoms with E-state index in [9.17, 15) is 0 Å². The molecule has 0 unspecified atom stereocenters. The number of halogens is 1. The molecule has 2 aromatic rings. The van der Waals surface area contributed by atoms with Gasteiger partial charge in [0.2, 0.25) is 0 Å². The van der Waals surface area contributed by atoms with Crippen molar-refractivity contribution in [1.29, 1.82) is 0 Å². The van der Waals surface area contributed by atoms with Crippen molar-refractivity contribution in [1.82, 2.24) is 0 Å². The summed E-state index contributed by atoms with van der Waals surface area (Å²) < 4.78 is 0. The molecule has 0 amide bonds. The Hall–Kier alpha value is -1.01. The van der Waals surface area contributed by atoms with Crippen LogP contribution in [0.1, 0.15) is 5.56 Å². The number of fused-ring (bicyclic) bond motifs is 1. The molecule has 1 heteroatoms. The van der Waals surface area contributed by atoms with Crippen molar-refractivity contribution < 1.29 is 0 Å². The van der Waals surface area contributed by atoms with Gasteiger partial charge < -0.3 is 0 Å². The Balaban J connectivity index is 2.84. The molecule has 2 aromatic carbocycles. The van der Waals surface area contributed by atoms with Gasteiger partial charge in [-0.3, -0.25) is 0 Å². The molecule has 0 saturated heterocycles. The third-order valence-electron chi connectivity index (χ3n) is 1.91. The maximum Gasteiger partial charge on any atom is 0.0444 e. The number of hydrogen-bond acceptors (Lipinski definition) is 0. The molecular formula is C11H8Cl. The van der Waals surface area contributed by atoms with Gasteiger partial charge in [0.1, 0.15) is 0 Å². The fourth-order valence-electron chi connectivity index (χ4n) is 1.26. The summed E-state index contributed by atoms with van der Waals surface area (Å²) in [5.41, 5.74) is 0.885. The summed E-state index contributed by atoms with van der Waals surface area (Å²) in [6.07, 6.45) is 0. The van der Waals surface area contributed by atoms with Crippen LogP contribution in [0, 0.1) is 6.92 Å². The van der Waals surface area contributed by atoms with E-state index in [4.69, 9.17) is 11.6 Å². The van der Waals surface area contributed by atoms with Gasteiger partial charge in [0.25, 0.3) is 0 Å². The third-order valence-corrected chi connectivity index (χ3v) is 2.27. The zero-order chi connectivity index (χ0) is 8.55. The third kappa shape index (κ3) is 1.19. The largest absolute Gasteiger partial charge is 0.0840 e. The lowest BCUT2D eigenvalue weighted by Crippen LogP contribution is -1.76. The highest BCUT2D eigenvalue weighted by Gasteiger charge is 1.96. The Morgan fingerprint density at radius 2 is 1.58 bits per heavy atom. The van der Waals surface area contributed by atoms with Crippen LogP contribution in [0.4, 0.5) is 0 Å². The van der Waals surface area contributed by atoms with E-state index in [1.165, 1.54) is 5.39 Å². The summed E-state index contributed by atoms with van der Waals surface area (Å²) >= 11 is 5.93. The van der Waals surface area contributed by atoms with Crippen molar-refractivity contribution in [2.75, 3.05) is 0 Å². The van der Waals surface area contributed by atoms with Gasteiger partial charge in [0, 0.05) is 5.02 Å². The Labute approximate surface area is 76.8 Å². The van der Waals surface area contributed by atoms with E-state index in [2.05, 4.69) is 13.0 Å². The first-order valence-corrected chi connectivity index (χ1v) is 4.15. The minimum absolute atomic E-state index is 0.730. The van der Waals surface area contributed by atoms with E-state index in [1.54, 1.807) is 0 Å². The number of hydrogen-bond donors (Lipinski definition) is 0. The summed E-state index contributed by atoms with van der Waals surface area (Å²) in [6, 6.07) is 12.1. The fraction of sp³-hybridized carbons (Fsp3) is 0. The van der Waals surface area contributed by atoms with E-state index in [0.717, 1.165) is 16.0 Å². The van der Waals surface area contributed by atoms with Gasteiger partial charge >= 0.3 is 0 Å². The van der Waals surface area contributed by atoms with Crippen LogP contribution >= 0.6 is 11.6 Å². The zero-order valence-corrected chi connectivity index (χ0v) is 7.31. The molecule has 0 nitrogen and oxygen atoms in total. The van der Waals surface area contributed by atoms with Gasteiger partial charge in [0.15, 0.2) is 0 Å². The second kappa shape index (κ2) is 2.80. The molecule has 0 bridgehead atoms. The molecule has 0 saturated carbocycles. The smallest absolute Gasteiger partial charge is 0.0444 e. The van der Waals surface area contributed by atoms with Crippen LogP contribution in [0.15, 0.2) is 36.4 Å². The lowest BCUT2D eigenvalue weighted by atomic mass is 10.1. The quantitative estimate of drug-likeness (QED) is 0.573. The predicted molar refractivity (Wildman–Crippen MR) is 53.4 cm³/mol. The molecule has 59 valence electrons. The first-order chi connectivity index (χ1) is 5.77. The maximum atomic E-state index is 5.93. The van der Waals surface area contributed by atoms with E-state index < -0.39 is 0 Å². The van der Waals surface area contributed by atoms with Gasteiger partial charge in [0.05, 0.1) is 0 Å². The first kappa shape index (κ1) is 7.63. The van der Waals surface area contributed by atoms with Crippen molar-refractivity contribution in [2.45, 2.75) is 0 Å². The molecule has 0 atom stereocenters. The standard InChI is InChI=1S/C11H8Cl/c1-8-6-9-4-2-3-5-10(9)7-11(8)12/h2-7H,1H2. The Morgan fingerprint density at radius 3 is 2.25 bits per heavy atom. The highest BCUT2D eigenvalue weighted by Crippen LogP contribution is 2.22. The molecule has 0 N–H and O–H groups in total. The molecule has 1 radical (unpaired) electrons.